The van der Waals surface area contributed by atoms with Gasteiger partial charge in [0.25, 0.3) is 5.91 Å². The van der Waals surface area contributed by atoms with Crippen molar-refractivity contribution in [3.63, 3.8) is 0 Å². The van der Waals surface area contributed by atoms with Gasteiger partial charge in [-0.25, -0.2) is 9.78 Å². The third-order valence-electron chi connectivity index (χ3n) is 2.73. The smallest absolute Gasteiger partial charge is 0.326 e. The van der Waals surface area contributed by atoms with E-state index in [2.05, 4.69) is 15.3 Å². The molecule has 1 aromatic carbocycles. The van der Waals surface area contributed by atoms with Crippen LogP contribution in [0, 0.1) is 0 Å². The van der Waals surface area contributed by atoms with Gasteiger partial charge < -0.3 is 20.1 Å². The molecule has 0 unspecified atom stereocenters. The van der Waals surface area contributed by atoms with Gasteiger partial charge in [0.05, 0.1) is 6.33 Å². The highest BCUT2D eigenvalue weighted by atomic mass is 16.5. The minimum atomic E-state index is -1.11. The van der Waals surface area contributed by atoms with Crippen molar-refractivity contribution in [1.29, 1.82) is 0 Å². The zero-order valence-corrected chi connectivity index (χ0v) is 11.2. The van der Waals surface area contributed by atoms with E-state index in [4.69, 9.17) is 9.84 Å². The highest BCUT2D eigenvalue weighted by Crippen LogP contribution is 2.07. The summed E-state index contributed by atoms with van der Waals surface area (Å²) in [5, 5.41) is 11.5. The van der Waals surface area contributed by atoms with E-state index < -0.39 is 17.9 Å². The number of aliphatic carboxylic acids is 1. The molecule has 7 heteroatoms. The summed E-state index contributed by atoms with van der Waals surface area (Å²) < 4.78 is 5.26. The number of carboxylic acid groups (broad SMARTS) is 1. The van der Waals surface area contributed by atoms with E-state index >= 15 is 0 Å². The minimum Gasteiger partial charge on any atom is -0.484 e. The first-order valence-corrected chi connectivity index (χ1v) is 6.32. The molecular weight excluding hydrogens is 274 g/mol. The monoisotopic (exact) mass is 289 g/mol. The number of hydrogen-bond acceptors (Lipinski definition) is 4. The Morgan fingerprint density at radius 1 is 1.33 bits per heavy atom. The van der Waals surface area contributed by atoms with Gasteiger partial charge in [-0.1, -0.05) is 18.2 Å². The first-order valence-electron chi connectivity index (χ1n) is 6.32. The fraction of sp³-hybridized carbons (Fsp3) is 0.214. The second kappa shape index (κ2) is 7.09. The van der Waals surface area contributed by atoms with Gasteiger partial charge in [-0.05, 0) is 12.1 Å². The van der Waals surface area contributed by atoms with E-state index in [9.17, 15) is 9.59 Å². The molecule has 2 rings (SSSR count). The number of para-hydroxylation sites is 1. The lowest BCUT2D eigenvalue weighted by molar-refractivity contribution is -0.142. The molecule has 3 N–H and O–H groups in total. The number of nitrogens with one attached hydrogen (secondary N) is 2. The van der Waals surface area contributed by atoms with Gasteiger partial charge >= 0.3 is 5.97 Å². The van der Waals surface area contributed by atoms with Crippen LogP contribution < -0.4 is 10.1 Å². The Labute approximate surface area is 121 Å². The lowest BCUT2D eigenvalue weighted by Crippen LogP contribution is -2.44. The molecule has 0 bridgehead atoms. The van der Waals surface area contributed by atoms with Crippen LogP contribution in [-0.4, -0.2) is 39.6 Å². The number of H-pyrrole nitrogens is 1. The summed E-state index contributed by atoms with van der Waals surface area (Å²) in [6, 6.07) is 7.80. The van der Waals surface area contributed by atoms with Crippen LogP contribution in [0.15, 0.2) is 42.9 Å². The molecule has 110 valence electrons. The highest BCUT2D eigenvalue weighted by molar-refractivity contribution is 5.84. The van der Waals surface area contributed by atoms with Crippen LogP contribution in [0.1, 0.15) is 5.69 Å². The summed E-state index contributed by atoms with van der Waals surface area (Å²) in [7, 11) is 0. The molecule has 0 spiro atoms. The minimum absolute atomic E-state index is 0.131. The predicted molar refractivity (Wildman–Crippen MR) is 73.8 cm³/mol. The lowest BCUT2D eigenvalue weighted by Gasteiger charge is -2.14. The number of carbonyl (C=O) groups is 2. The molecule has 1 heterocycles. The molecular formula is C14H15N3O4. The van der Waals surface area contributed by atoms with Crippen molar-refractivity contribution in [2.75, 3.05) is 6.61 Å². The fourth-order valence-electron chi connectivity index (χ4n) is 1.72. The van der Waals surface area contributed by atoms with Crippen LogP contribution in [0.3, 0.4) is 0 Å². The number of nitrogens with zero attached hydrogens (tertiary/aromatic N) is 1. The summed E-state index contributed by atoms with van der Waals surface area (Å²) in [6.45, 7) is -0.239. The molecule has 0 saturated carbocycles. The van der Waals surface area contributed by atoms with Gasteiger partial charge in [0, 0.05) is 18.3 Å². The van der Waals surface area contributed by atoms with Crippen molar-refractivity contribution in [3.05, 3.63) is 48.5 Å². The molecule has 0 aliphatic heterocycles. The maximum absolute atomic E-state index is 11.7. The van der Waals surface area contributed by atoms with Gasteiger partial charge in [-0.3, -0.25) is 4.79 Å². The number of rotatable bonds is 7. The number of benzene rings is 1. The van der Waals surface area contributed by atoms with Gasteiger partial charge in [0.1, 0.15) is 11.8 Å². The number of imidazole rings is 1. The van der Waals surface area contributed by atoms with Crippen LogP contribution in [0.25, 0.3) is 0 Å². The molecule has 1 amide bonds. The Hall–Kier alpha value is -2.83. The molecule has 0 fully saturated rings. The largest absolute Gasteiger partial charge is 0.484 e. The van der Waals surface area contributed by atoms with E-state index in [1.807, 2.05) is 6.07 Å². The molecule has 1 aromatic heterocycles. The second-order valence-corrected chi connectivity index (χ2v) is 4.34. The molecule has 0 aliphatic rings. The zero-order chi connectivity index (χ0) is 15.1. The van der Waals surface area contributed by atoms with Gasteiger partial charge in [0.15, 0.2) is 6.61 Å². The predicted octanol–water partition coefficient (Wildman–Crippen LogP) is 0.601. The van der Waals surface area contributed by atoms with Crippen LogP contribution in [0.5, 0.6) is 5.75 Å². The Balaban J connectivity index is 1.85. The summed E-state index contributed by atoms with van der Waals surface area (Å²) in [5.74, 6) is -1.06. The first-order chi connectivity index (χ1) is 10.1. The van der Waals surface area contributed by atoms with Crippen LogP contribution >= 0.6 is 0 Å². The van der Waals surface area contributed by atoms with Crippen LogP contribution in [0.2, 0.25) is 0 Å². The number of aromatic nitrogens is 2. The molecule has 0 radical (unpaired) electrons. The van der Waals surface area contributed by atoms with E-state index in [1.165, 1.54) is 12.5 Å². The third-order valence-corrected chi connectivity index (χ3v) is 2.73. The molecule has 7 nitrogen and oxygen atoms in total. The van der Waals surface area contributed by atoms with E-state index in [1.54, 1.807) is 24.3 Å². The number of carbonyl (C=O) groups excluding carboxylic acids is 1. The van der Waals surface area contributed by atoms with E-state index in [0.29, 0.717) is 11.4 Å². The van der Waals surface area contributed by atoms with Gasteiger partial charge in [-0.2, -0.15) is 0 Å². The zero-order valence-electron chi connectivity index (χ0n) is 11.2. The van der Waals surface area contributed by atoms with Crippen molar-refractivity contribution >= 4 is 11.9 Å². The van der Waals surface area contributed by atoms with Crippen LogP contribution in [-0.2, 0) is 16.0 Å². The average Bonchev–Trinajstić information content (AvgIpc) is 2.98. The maximum Gasteiger partial charge on any atom is 0.326 e. The van der Waals surface area contributed by atoms with Crippen molar-refractivity contribution in [1.82, 2.24) is 15.3 Å². The SMILES string of the molecule is O=C(COc1ccccc1)N[C@H](Cc1cnc[nH]1)C(=O)O. The Morgan fingerprint density at radius 3 is 2.71 bits per heavy atom. The van der Waals surface area contributed by atoms with E-state index in [-0.39, 0.29) is 13.0 Å². The van der Waals surface area contributed by atoms with Crippen molar-refractivity contribution in [2.24, 2.45) is 0 Å². The molecule has 2 aromatic rings. The van der Waals surface area contributed by atoms with Crippen molar-refractivity contribution in [2.45, 2.75) is 12.5 Å². The molecule has 21 heavy (non-hydrogen) atoms. The number of amides is 1. The Bertz CT molecular complexity index is 584. The van der Waals surface area contributed by atoms with E-state index in [0.717, 1.165) is 0 Å². The number of ether oxygens (including phenoxy) is 1. The second-order valence-electron chi connectivity index (χ2n) is 4.34. The molecule has 0 aliphatic carbocycles. The average molecular weight is 289 g/mol. The molecule has 0 saturated heterocycles. The third kappa shape index (κ3) is 4.64. The van der Waals surface area contributed by atoms with Gasteiger partial charge in [-0.15, -0.1) is 0 Å². The normalized spacial score (nSPS) is 11.6. The highest BCUT2D eigenvalue weighted by Gasteiger charge is 2.21. The number of aromatic amines is 1. The summed E-state index contributed by atoms with van der Waals surface area (Å²) in [4.78, 5) is 29.5. The number of hydrogen-bond donors (Lipinski definition) is 3. The lowest BCUT2D eigenvalue weighted by atomic mass is 10.1. The molecule has 1 atom stereocenters. The van der Waals surface area contributed by atoms with Gasteiger partial charge in [0.2, 0.25) is 0 Å². The summed E-state index contributed by atoms with van der Waals surface area (Å²) in [5.41, 5.74) is 0.631. The van der Waals surface area contributed by atoms with Crippen LogP contribution in [0.4, 0.5) is 0 Å². The number of carboxylic acids is 1. The van der Waals surface area contributed by atoms with Crippen molar-refractivity contribution < 1.29 is 19.4 Å². The first kappa shape index (κ1) is 14.6. The quantitative estimate of drug-likeness (QED) is 0.692. The maximum atomic E-state index is 11.7. The Morgan fingerprint density at radius 2 is 2.10 bits per heavy atom. The topological polar surface area (TPSA) is 104 Å². The van der Waals surface area contributed by atoms with Crippen molar-refractivity contribution in [3.8, 4) is 5.75 Å². The Kier molecular flexibility index (Phi) is 4.92. The summed E-state index contributed by atoms with van der Waals surface area (Å²) in [6.07, 6.45) is 3.10. The fourth-order valence-corrected chi connectivity index (χ4v) is 1.72. The standard InChI is InChI=1S/C14H15N3O4/c18-13(8-21-11-4-2-1-3-5-11)17-12(14(19)20)6-10-7-15-9-16-10/h1-5,7,9,12H,6,8H2,(H,15,16)(H,17,18)(H,19,20)/t12-/m1/s1. The summed E-state index contributed by atoms with van der Waals surface area (Å²) >= 11 is 0.